The van der Waals surface area contributed by atoms with Crippen LogP contribution in [0.15, 0.2) is 45.6 Å². The van der Waals surface area contributed by atoms with Crippen LogP contribution in [0, 0.1) is 12.1 Å². The van der Waals surface area contributed by atoms with E-state index in [1.807, 2.05) is 0 Å². The first-order chi connectivity index (χ1) is 14.3. The summed E-state index contributed by atoms with van der Waals surface area (Å²) in [6.45, 7) is 1.78. The Kier molecular flexibility index (Phi) is 6.24. The Bertz CT molecular complexity index is 1140. The first kappa shape index (κ1) is 21.2. The Morgan fingerprint density at radius 1 is 1.20 bits per heavy atom. The lowest BCUT2D eigenvalue weighted by molar-refractivity contribution is -0.139. The number of methoxy groups -OCH3 is 2. The van der Waals surface area contributed by atoms with Crippen molar-refractivity contribution in [3.63, 3.8) is 0 Å². The van der Waals surface area contributed by atoms with E-state index < -0.39 is 11.6 Å². The number of hydrogen-bond donors (Lipinski definition) is 1. The Labute approximate surface area is 171 Å². The van der Waals surface area contributed by atoms with Crippen molar-refractivity contribution < 1.29 is 28.6 Å². The van der Waals surface area contributed by atoms with Gasteiger partial charge in [0.25, 0.3) is 0 Å². The van der Waals surface area contributed by atoms with Gasteiger partial charge in [-0.25, -0.2) is 4.79 Å². The van der Waals surface area contributed by atoms with Gasteiger partial charge in [0, 0.05) is 17.0 Å². The van der Waals surface area contributed by atoms with E-state index >= 15 is 0 Å². The van der Waals surface area contributed by atoms with E-state index in [-0.39, 0.29) is 29.5 Å². The maximum absolute atomic E-state index is 12.3. The molecular weight excluding hydrogens is 394 g/mol. The lowest BCUT2D eigenvalue weighted by Gasteiger charge is -2.23. The first-order valence-electron chi connectivity index (χ1n) is 8.93. The predicted molar refractivity (Wildman–Crippen MR) is 108 cm³/mol. The van der Waals surface area contributed by atoms with Crippen molar-refractivity contribution in [2.75, 3.05) is 19.4 Å². The molecule has 0 spiro atoms. The molecule has 3 aromatic rings. The number of benzene rings is 2. The lowest BCUT2D eigenvalue weighted by Crippen LogP contribution is -2.16. The number of rotatable bonds is 7. The standard InChI is InChI=1S/C21H20NO8/c1-12-16-6-5-15(9-19(16)30-21(24)17(12)10-20(23)28-3)29-11-13-8-14(22(25)26)4-7-18(13)27-2/h4-9,25H,10-11H2,1-3H3/q-1. The summed E-state index contributed by atoms with van der Waals surface area (Å²) in [4.78, 5) is 23.8. The Balaban J connectivity index is 1.88. The van der Waals surface area contributed by atoms with Gasteiger partial charge in [-0.2, -0.15) is 0 Å². The average Bonchev–Trinajstić information content (AvgIpc) is 2.74. The molecule has 3 rings (SSSR count). The number of hydrogen-bond acceptors (Lipinski definition) is 9. The van der Waals surface area contributed by atoms with Gasteiger partial charge in [-0.3, -0.25) is 10.0 Å². The van der Waals surface area contributed by atoms with Crippen molar-refractivity contribution in [3.8, 4) is 11.5 Å². The van der Waals surface area contributed by atoms with E-state index in [0.29, 0.717) is 33.6 Å². The Morgan fingerprint density at radius 3 is 2.63 bits per heavy atom. The van der Waals surface area contributed by atoms with Crippen LogP contribution in [0.2, 0.25) is 0 Å². The molecule has 158 valence electrons. The van der Waals surface area contributed by atoms with Gasteiger partial charge in [-0.1, -0.05) is 0 Å². The number of aryl methyl sites for hydroxylation is 1. The van der Waals surface area contributed by atoms with Crippen LogP contribution in [0.4, 0.5) is 5.69 Å². The van der Waals surface area contributed by atoms with E-state index in [1.165, 1.54) is 26.4 Å². The van der Waals surface area contributed by atoms with Crippen molar-refractivity contribution >= 4 is 22.6 Å². The Morgan fingerprint density at radius 2 is 1.97 bits per heavy atom. The van der Waals surface area contributed by atoms with Crippen LogP contribution in [0.5, 0.6) is 11.5 Å². The molecule has 0 fully saturated rings. The van der Waals surface area contributed by atoms with E-state index in [4.69, 9.17) is 19.1 Å². The van der Waals surface area contributed by atoms with Gasteiger partial charge in [-0.15, -0.1) is 0 Å². The summed E-state index contributed by atoms with van der Waals surface area (Å²) in [5.41, 5.74) is 1.14. The molecule has 1 aromatic heterocycles. The molecule has 0 bridgehead atoms. The summed E-state index contributed by atoms with van der Waals surface area (Å²) in [5, 5.41) is 20.6. The zero-order valence-corrected chi connectivity index (χ0v) is 16.6. The average molecular weight is 414 g/mol. The Hall–Kier alpha value is -3.56. The summed E-state index contributed by atoms with van der Waals surface area (Å²) in [6.07, 6.45) is -0.170. The van der Waals surface area contributed by atoms with Gasteiger partial charge in [-0.05, 0) is 42.8 Å². The van der Waals surface area contributed by atoms with Crippen LogP contribution in [0.25, 0.3) is 11.0 Å². The monoisotopic (exact) mass is 414 g/mol. The SMILES string of the molecule is COC(=O)Cc1c(C)c2ccc(OCc3cc(N([O-])O)ccc3OC)cc2oc1=O. The molecular formula is C21H20NO8-. The lowest BCUT2D eigenvalue weighted by atomic mass is 10.0. The van der Waals surface area contributed by atoms with Crippen LogP contribution >= 0.6 is 0 Å². The van der Waals surface area contributed by atoms with Gasteiger partial charge in [0.05, 0.1) is 31.9 Å². The molecule has 0 amide bonds. The summed E-state index contributed by atoms with van der Waals surface area (Å²) in [5.74, 6) is 0.373. The highest BCUT2D eigenvalue weighted by atomic mass is 16.8. The quantitative estimate of drug-likeness (QED) is 0.353. The third-order valence-corrected chi connectivity index (χ3v) is 4.69. The molecule has 9 nitrogen and oxygen atoms in total. The fraction of sp³-hybridized carbons (Fsp3) is 0.238. The number of nitrogens with zero attached hydrogens (tertiary/aromatic N) is 1. The fourth-order valence-corrected chi connectivity index (χ4v) is 3.04. The highest BCUT2D eigenvalue weighted by molar-refractivity contribution is 5.84. The van der Waals surface area contributed by atoms with Crippen molar-refractivity contribution in [3.05, 3.63) is 68.7 Å². The molecule has 0 aliphatic heterocycles. The second-order valence-corrected chi connectivity index (χ2v) is 6.46. The zero-order chi connectivity index (χ0) is 21.8. The van der Waals surface area contributed by atoms with Crippen LogP contribution in [0.3, 0.4) is 0 Å². The molecule has 0 aliphatic rings. The summed E-state index contributed by atoms with van der Waals surface area (Å²) in [6, 6.07) is 9.38. The maximum Gasteiger partial charge on any atom is 0.340 e. The number of ether oxygens (including phenoxy) is 3. The topological polar surface area (TPSA) is 122 Å². The number of esters is 1. The molecule has 0 aliphatic carbocycles. The highest BCUT2D eigenvalue weighted by Crippen LogP contribution is 2.28. The summed E-state index contributed by atoms with van der Waals surface area (Å²) in [7, 11) is 2.73. The van der Waals surface area contributed by atoms with Crippen LogP contribution in [0.1, 0.15) is 16.7 Å². The molecule has 0 atom stereocenters. The second kappa shape index (κ2) is 8.85. The largest absolute Gasteiger partial charge is 0.733 e. The highest BCUT2D eigenvalue weighted by Gasteiger charge is 2.16. The second-order valence-electron chi connectivity index (χ2n) is 6.46. The van der Waals surface area contributed by atoms with Gasteiger partial charge in [0.2, 0.25) is 0 Å². The number of fused-ring (bicyclic) bond motifs is 1. The summed E-state index contributed by atoms with van der Waals surface area (Å²) < 4.78 is 21.0. The van der Waals surface area contributed by atoms with E-state index in [1.54, 1.807) is 31.2 Å². The maximum atomic E-state index is 12.3. The van der Waals surface area contributed by atoms with E-state index in [0.717, 1.165) is 0 Å². The molecule has 1 heterocycles. The van der Waals surface area contributed by atoms with Gasteiger partial charge in [0.1, 0.15) is 23.7 Å². The minimum Gasteiger partial charge on any atom is -0.733 e. The number of anilines is 1. The molecule has 0 saturated heterocycles. The van der Waals surface area contributed by atoms with Crippen molar-refractivity contribution in [2.24, 2.45) is 0 Å². The van der Waals surface area contributed by atoms with Crippen molar-refractivity contribution in [2.45, 2.75) is 20.0 Å². The molecule has 1 N–H and O–H groups in total. The number of carbonyl (C=O) groups excluding carboxylic acids is 1. The van der Waals surface area contributed by atoms with Crippen molar-refractivity contribution in [1.29, 1.82) is 0 Å². The molecule has 0 saturated carbocycles. The first-order valence-corrected chi connectivity index (χ1v) is 8.93. The van der Waals surface area contributed by atoms with Gasteiger partial charge < -0.3 is 29.1 Å². The molecule has 0 radical (unpaired) electrons. The normalized spacial score (nSPS) is 10.7. The minimum atomic E-state index is -0.615. The van der Waals surface area contributed by atoms with Crippen LogP contribution in [-0.4, -0.2) is 25.4 Å². The minimum absolute atomic E-state index is 0.0349. The zero-order valence-electron chi connectivity index (χ0n) is 16.6. The third kappa shape index (κ3) is 4.37. The van der Waals surface area contributed by atoms with Gasteiger partial charge >= 0.3 is 11.6 Å². The smallest absolute Gasteiger partial charge is 0.340 e. The van der Waals surface area contributed by atoms with Crippen LogP contribution < -0.4 is 20.3 Å². The number of carbonyl (C=O) groups is 1. The molecule has 9 heteroatoms. The fourth-order valence-electron chi connectivity index (χ4n) is 3.04. The van der Waals surface area contributed by atoms with Crippen molar-refractivity contribution in [1.82, 2.24) is 0 Å². The molecule has 30 heavy (non-hydrogen) atoms. The predicted octanol–water partition coefficient (Wildman–Crippen LogP) is 3.10. The van der Waals surface area contributed by atoms with E-state index in [9.17, 15) is 14.8 Å². The van der Waals surface area contributed by atoms with Gasteiger partial charge in [0.15, 0.2) is 0 Å². The van der Waals surface area contributed by atoms with E-state index in [2.05, 4.69) is 4.74 Å². The van der Waals surface area contributed by atoms with Crippen LogP contribution in [-0.2, 0) is 22.6 Å². The molecule has 0 unspecified atom stereocenters. The summed E-state index contributed by atoms with van der Waals surface area (Å²) >= 11 is 0. The third-order valence-electron chi connectivity index (χ3n) is 4.69. The molecule has 2 aromatic carbocycles.